The Hall–Kier alpha value is -6.56. The first-order valence-corrected chi connectivity index (χ1v) is 20.2. The van der Waals surface area contributed by atoms with E-state index in [1.807, 2.05) is 0 Å². The normalized spacial score (nSPS) is 15.6. The van der Waals surface area contributed by atoms with Gasteiger partial charge in [-0.1, -0.05) is 12.1 Å². The van der Waals surface area contributed by atoms with Crippen molar-refractivity contribution in [3.05, 3.63) is 116 Å². The molecular weight excluding hydrogens is 809 g/mol. The number of carbonyl (C=O) groups is 3. The van der Waals surface area contributed by atoms with Gasteiger partial charge in [-0.3, -0.25) is 20.4 Å². The number of urea groups is 1. The number of amides is 2. The number of fused-ring (bicyclic) bond motifs is 2. The number of ether oxygens (including phenoxy) is 1. The summed E-state index contributed by atoms with van der Waals surface area (Å²) in [6.07, 6.45) is 1.81. The van der Waals surface area contributed by atoms with Gasteiger partial charge in [-0.05, 0) is 102 Å². The van der Waals surface area contributed by atoms with Gasteiger partial charge >= 0.3 is 6.03 Å². The van der Waals surface area contributed by atoms with Crippen LogP contribution in [-0.4, -0.2) is 75.0 Å². The van der Waals surface area contributed by atoms with Crippen LogP contribution < -0.4 is 26.2 Å². The fourth-order valence-electron chi connectivity index (χ4n) is 5.60. The number of ketones is 2. The van der Waals surface area contributed by atoms with E-state index in [2.05, 4.69) is 31.7 Å². The number of para-hydroxylation sites is 2. The van der Waals surface area contributed by atoms with E-state index in [0.29, 0.717) is 5.75 Å². The number of nitrogens with zero attached hydrogens (tertiary/aromatic N) is 2. The highest BCUT2D eigenvalue weighted by Gasteiger charge is 2.31. The van der Waals surface area contributed by atoms with Gasteiger partial charge in [0.05, 0.1) is 33.2 Å². The third-order valence-corrected chi connectivity index (χ3v) is 10.8. The molecule has 2 aliphatic carbocycles. The van der Waals surface area contributed by atoms with Gasteiger partial charge in [-0.15, -0.1) is 0 Å². The average Bonchev–Trinajstić information content (AvgIpc) is 3.13. The second-order valence-electron chi connectivity index (χ2n) is 12.0. The van der Waals surface area contributed by atoms with Crippen LogP contribution in [0.25, 0.3) is 12.2 Å². The van der Waals surface area contributed by atoms with Crippen LogP contribution in [0.2, 0.25) is 0 Å². The Kier molecular flexibility index (Phi) is 10.7. The van der Waals surface area contributed by atoms with Crippen molar-refractivity contribution in [2.45, 2.75) is 11.8 Å². The van der Waals surface area contributed by atoms with E-state index < -0.39 is 74.1 Å². The van der Waals surface area contributed by atoms with Crippen LogP contribution in [0.15, 0.2) is 104 Å². The summed E-state index contributed by atoms with van der Waals surface area (Å²) >= 11 is 0. The number of methoxy groups -OCH3 is 1. The van der Waals surface area contributed by atoms with Gasteiger partial charge < -0.3 is 29.0 Å². The molecule has 0 heterocycles. The number of carbonyl (C=O) groups excluding carboxylic acids is 3. The molecule has 0 saturated heterocycles. The summed E-state index contributed by atoms with van der Waals surface area (Å²) in [4.78, 5) is 37.3. The highest BCUT2D eigenvalue weighted by Crippen LogP contribution is 2.31. The zero-order valence-corrected chi connectivity index (χ0v) is 31.5. The van der Waals surface area contributed by atoms with Crippen LogP contribution in [-0.2, 0) is 30.4 Å². The molecule has 4 N–H and O–H groups in total. The Balaban J connectivity index is 1.22. The fraction of sp³-hybridized carbons (Fsp3) is 0.0571. The molecule has 6 rings (SSSR count). The monoisotopic (exact) mass is 833 g/mol. The molecule has 0 fully saturated rings. The molecule has 0 spiro atoms. The molecule has 0 aliphatic heterocycles. The van der Waals surface area contributed by atoms with Gasteiger partial charge in [0, 0.05) is 22.5 Å². The van der Waals surface area contributed by atoms with Crippen LogP contribution in [0.3, 0.4) is 0 Å². The zero-order valence-electron chi connectivity index (χ0n) is 29.1. The Labute approximate surface area is 324 Å². The van der Waals surface area contributed by atoms with Gasteiger partial charge in [-0.25, -0.2) is 30.0 Å². The highest BCUT2D eigenvalue weighted by molar-refractivity contribution is 7.91. The number of hydrogen-bond acceptors (Lipinski definition) is 17. The molecule has 57 heavy (non-hydrogen) atoms. The van der Waals surface area contributed by atoms with Crippen molar-refractivity contribution in [1.82, 2.24) is 0 Å². The van der Waals surface area contributed by atoms with E-state index in [9.17, 15) is 53.3 Å². The van der Waals surface area contributed by atoms with Crippen molar-refractivity contribution in [3.8, 4) is 5.75 Å². The molecule has 4 aromatic carbocycles. The standard InChI is InChI=1S/C35H28N6O13S3/c1-18-13-23(55(45,46)47)9-12-26(18)38-40-31-29(56(48,49)50)16-19-14-21(7-10-24(19)33(31)42)36-35(44)37-22-8-11-25-20(15-22)17-30(57(51,52)53)32(34(25)43)41-39-27-5-3-4-6-28(27)54-2/h3-17,38-39H,1-2H3,(H2,36,37,44)(H,45,46,47)(H,48,49,50)(H,51,52,53)/p-3. The van der Waals surface area contributed by atoms with Crippen molar-refractivity contribution >= 4 is 94.3 Å². The number of Topliss-reactive ketones (excluding diaryl/α,β-unsaturated/α-hetero) is 2. The van der Waals surface area contributed by atoms with Crippen molar-refractivity contribution in [2.75, 3.05) is 28.6 Å². The van der Waals surface area contributed by atoms with Crippen LogP contribution in [0.4, 0.5) is 27.5 Å². The van der Waals surface area contributed by atoms with E-state index in [0.717, 1.165) is 30.4 Å². The van der Waals surface area contributed by atoms with Gasteiger partial charge in [0.15, 0.2) is 0 Å². The van der Waals surface area contributed by atoms with E-state index in [1.165, 1.54) is 50.4 Å². The van der Waals surface area contributed by atoms with Gasteiger partial charge in [0.25, 0.3) is 0 Å². The zero-order chi connectivity index (χ0) is 41.4. The highest BCUT2D eigenvalue weighted by atomic mass is 32.2. The lowest BCUT2D eigenvalue weighted by Gasteiger charge is -2.21. The number of anilines is 4. The molecule has 294 valence electrons. The molecule has 0 unspecified atom stereocenters. The van der Waals surface area contributed by atoms with Crippen molar-refractivity contribution in [2.24, 2.45) is 10.2 Å². The first-order valence-electron chi connectivity index (χ1n) is 15.9. The van der Waals surface area contributed by atoms with Crippen LogP contribution >= 0.6 is 0 Å². The SMILES string of the molecule is COc1ccccc1NN=C1C(=O)c2ccc(NC(=O)Nc3ccc4c(c3)C=C(S(=O)(=O)[O-])C(=NNc3ccc(S(=O)(=O)[O-])cc3C)C4=O)cc2C=C1S(=O)(=O)[O-]. The summed E-state index contributed by atoms with van der Waals surface area (Å²) in [5.41, 5.74) is 3.90. The topological polar surface area (TPSA) is 305 Å². The molecule has 22 heteroatoms. The minimum absolute atomic E-state index is 0.0247. The third-order valence-electron chi connectivity index (χ3n) is 8.29. The second-order valence-corrected chi connectivity index (χ2v) is 16.1. The van der Waals surface area contributed by atoms with Crippen LogP contribution in [0.1, 0.15) is 37.4 Å². The maximum absolute atomic E-state index is 13.4. The van der Waals surface area contributed by atoms with Gasteiger partial charge in [0.1, 0.15) is 47.5 Å². The molecule has 4 aromatic rings. The quantitative estimate of drug-likeness (QED) is 0.131. The number of aryl methyl sites for hydroxylation is 1. The Bertz CT molecular complexity index is 2890. The summed E-state index contributed by atoms with van der Waals surface area (Å²) < 4.78 is 112. The number of rotatable bonds is 10. The average molecular weight is 834 g/mol. The van der Waals surface area contributed by atoms with E-state index >= 15 is 0 Å². The Morgan fingerprint density at radius 2 is 1.12 bits per heavy atom. The molecule has 0 saturated carbocycles. The van der Waals surface area contributed by atoms with E-state index in [-0.39, 0.29) is 50.6 Å². The summed E-state index contributed by atoms with van der Waals surface area (Å²) in [6, 6.07) is 16.3. The minimum atomic E-state index is -5.32. The lowest BCUT2D eigenvalue weighted by molar-refractivity contribution is 0.105. The third kappa shape index (κ3) is 8.65. The molecule has 19 nitrogen and oxygen atoms in total. The summed E-state index contributed by atoms with van der Waals surface area (Å²) in [5.74, 6) is -1.56. The lowest BCUT2D eigenvalue weighted by Crippen LogP contribution is -2.28. The molecule has 0 atom stereocenters. The number of allylic oxidation sites excluding steroid dienone is 2. The van der Waals surface area contributed by atoms with Crippen LogP contribution in [0, 0.1) is 6.92 Å². The fourth-order valence-corrected chi connectivity index (χ4v) is 7.45. The maximum atomic E-state index is 13.4. The summed E-state index contributed by atoms with van der Waals surface area (Å²) in [7, 11) is -13.9. The van der Waals surface area contributed by atoms with Crippen molar-refractivity contribution in [1.29, 1.82) is 0 Å². The van der Waals surface area contributed by atoms with Crippen molar-refractivity contribution in [3.63, 3.8) is 0 Å². The van der Waals surface area contributed by atoms with E-state index in [4.69, 9.17) is 4.74 Å². The first-order chi connectivity index (χ1) is 26.7. The van der Waals surface area contributed by atoms with Crippen molar-refractivity contribution < 1.29 is 58.0 Å². The largest absolute Gasteiger partial charge is 0.744 e. The number of nitrogens with one attached hydrogen (secondary N) is 4. The van der Waals surface area contributed by atoms with E-state index in [1.54, 1.807) is 24.3 Å². The van der Waals surface area contributed by atoms with Gasteiger partial charge in [-0.2, -0.15) is 10.2 Å². The minimum Gasteiger partial charge on any atom is -0.744 e. The maximum Gasteiger partial charge on any atom is 0.323 e. The number of benzene rings is 4. The molecule has 0 aromatic heterocycles. The van der Waals surface area contributed by atoms with Gasteiger partial charge in [0.2, 0.25) is 11.6 Å². The molecular formula is C35H25N6O13S3-3. The second kappa shape index (κ2) is 15.2. The number of hydrazone groups is 2. The Morgan fingerprint density at radius 3 is 1.58 bits per heavy atom. The summed E-state index contributed by atoms with van der Waals surface area (Å²) in [5, 5.41) is 12.7. The Morgan fingerprint density at radius 1 is 0.632 bits per heavy atom. The molecule has 0 radical (unpaired) electrons. The molecule has 2 amide bonds. The molecule has 2 aliphatic rings. The first kappa shape index (κ1) is 40.1. The smallest absolute Gasteiger partial charge is 0.323 e. The van der Waals surface area contributed by atoms with Crippen LogP contribution in [0.5, 0.6) is 5.75 Å². The predicted molar refractivity (Wildman–Crippen MR) is 204 cm³/mol. The summed E-state index contributed by atoms with van der Waals surface area (Å²) in [6.45, 7) is 1.41. The molecule has 0 bridgehead atoms. The predicted octanol–water partition coefficient (Wildman–Crippen LogP) is 3.65. The lowest BCUT2D eigenvalue weighted by atomic mass is 9.94. The number of hydrogen-bond donors (Lipinski definition) is 4.